The third kappa shape index (κ3) is 10.8. The van der Waals surface area contributed by atoms with E-state index in [4.69, 9.17) is 5.11 Å². The maximum atomic E-state index is 8.33. The van der Waals surface area contributed by atoms with Crippen molar-refractivity contribution in [3.05, 3.63) is 0 Å². The molecule has 0 saturated carbocycles. The molecule has 1 atom stereocenters. The molecule has 3 heteroatoms. The van der Waals surface area contributed by atoms with Gasteiger partial charge in [0, 0.05) is 6.61 Å². The fourth-order valence-corrected chi connectivity index (χ4v) is 0.241. The van der Waals surface area contributed by atoms with Crippen LogP contribution in [-0.4, -0.2) is 18.0 Å². The van der Waals surface area contributed by atoms with E-state index >= 15 is 0 Å². The van der Waals surface area contributed by atoms with Crippen LogP contribution in [-0.2, 0) is 4.74 Å². The Hall–Kier alpha value is 0.650. The third-order valence-corrected chi connectivity index (χ3v) is 0.408. The first-order valence-corrected chi connectivity index (χ1v) is 2.07. The van der Waals surface area contributed by atoms with Crippen LogP contribution in [0.2, 0.25) is 0 Å². The summed E-state index contributed by atoms with van der Waals surface area (Å²) in [6.45, 7) is 4.01. The van der Waals surface area contributed by atoms with Crippen molar-refractivity contribution in [2.24, 2.45) is 0 Å². The SMILES string of the molecule is CCOC(C)O.I. The van der Waals surface area contributed by atoms with E-state index in [9.17, 15) is 0 Å². The van der Waals surface area contributed by atoms with Gasteiger partial charge in [-0.25, -0.2) is 0 Å². The van der Waals surface area contributed by atoms with E-state index in [2.05, 4.69) is 4.74 Å². The molecule has 0 aromatic carbocycles. The van der Waals surface area contributed by atoms with E-state index in [1.165, 1.54) is 0 Å². The van der Waals surface area contributed by atoms with Gasteiger partial charge in [-0.15, -0.1) is 24.0 Å². The van der Waals surface area contributed by atoms with Crippen molar-refractivity contribution >= 4 is 24.0 Å². The summed E-state index contributed by atoms with van der Waals surface area (Å²) in [4.78, 5) is 0. The van der Waals surface area contributed by atoms with Crippen molar-refractivity contribution < 1.29 is 9.84 Å². The molecule has 0 bridgehead atoms. The predicted molar refractivity (Wildman–Crippen MR) is 38.7 cm³/mol. The van der Waals surface area contributed by atoms with Crippen LogP contribution in [0, 0.1) is 0 Å². The molecule has 0 heterocycles. The molecule has 0 amide bonds. The Balaban J connectivity index is 0. The normalized spacial score (nSPS) is 12.4. The van der Waals surface area contributed by atoms with Crippen LogP contribution in [0.15, 0.2) is 0 Å². The molecule has 0 spiro atoms. The van der Waals surface area contributed by atoms with Crippen molar-refractivity contribution in [2.75, 3.05) is 6.61 Å². The first-order chi connectivity index (χ1) is 2.77. The second kappa shape index (κ2) is 6.65. The largest absolute Gasteiger partial charge is 0.368 e. The topological polar surface area (TPSA) is 29.5 Å². The fourth-order valence-electron chi connectivity index (χ4n) is 0.241. The summed E-state index contributed by atoms with van der Waals surface area (Å²) in [7, 11) is 0. The number of rotatable bonds is 2. The first kappa shape index (κ1) is 10.6. The van der Waals surface area contributed by atoms with Gasteiger partial charge in [0.2, 0.25) is 0 Å². The van der Waals surface area contributed by atoms with Crippen LogP contribution >= 0.6 is 24.0 Å². The Kier molecular flexibility index (Phi) is 10.1. The Morgan fingerprint density at radius 3 is 2.14 bits per heavy atom. The second-order valence-electron chi connectivity index (χ2n) is 1.05. The molecule has 0 aliphatic rings. The number of aliphatic hydroxyl groups is 1. The Morgan fingerprint density at radius 2 is 2.14 bits per heavy atom. The lowest BCUT2D eigenvalue weighted by Crippen LogP contribution is -2.04. The molecule has 2 nitrogen and oxygen atoms in total. The molecule has 46 valence electrons. The van der Waals surface area contributed by atoms with Gasteiger partial charge in [0.15, 0.2) is 6.29 Å². The predicted octanol–water partition coefficient (Wildman–Crippen LogP) is 0.979. The van der Waals surface area contributed by atoms with Crippen molar-refractivity contribution in [2.45, 2.75) is 20.1 Å². The number of hydrogen-bond acceptors (Lipinski definition) is 2. The van der Waals surface area contributed by atoms with Crippen molar-refractivity contribution in [3.63, 3.8) is 0 Å². The van der Waals surface area contributed by atoms with Gasteiger partial charge in [-0.05, 0) is 13.8 Å². The molecule has 7 heavy (non-hydrogen) atoms. The van der Waals surface area contributed by atoms with Crippen molar-refractivity contribution in [3.8, 4) is 0 Å². The Morgan fingerprint density at radius 1 is 1.71 bits per heavy atom. The summed E-state index contributed by atoms with van der Waals surface area (Å²) in [6.07, 6.45) is -0.602. The summed E-state index contributed by atoms with van der Waals surface area (Å²) in [5.74, 6) is 0. The van der Waals surface area contributed by atoms with Crippen molar-refractivity contribution in [1.82, 2.24) is 0 Å². The zero-order chi connectivity index (χ0) is 4.99. The van der Waals surface area contributed by atoms with Crippen LogP contribution in [0.25, 0.3) is 0 Å². The molecule has 0 aromatic rings. The van der Waals surface area contributed by atoms with Gasteiger partial charge in [-0.1, -0.05) is 0 Å². The summed E-state index contributed by atoms with van der Waals surface area (Å²) < 4.78 is 4.60. The molecule has 0 aromatic heterocycles. The van der Waals surface area contributed by atoms with Gasteiger partial charge in [-0.3, -0.25) is 0 Å². The van der Waals surface area contributed by atoms with Gasteiger partial charge >= 0.3 is 0 Å². The first-order valence-electron chi connectivity index (χ1n) is 2.07. The van der Waals surface area contributed by atoms with E-state index in [0.29, 0.717) is 6.61 Å². The molecule has 0 saturated heterocycles. The highest BCUT2D eigenvalue weighted by atomic mass is 127. The molecule has 0 radical (unpaired) electrons. The average molecular weight is 218 g/mol. The summed E-state index contributed by atoms with van der Waals surface area (Å²) in [5.41, 5.74) is 0. The second-order valence-corrected chi connectivity index (χ2v) is 1.05. The minimum Gasteiger partial charge on any atom is -0.368 e. The lowest BCUT2D eigenvalue weighted by atomic mass is 10.7. The Labute approximate surface area is 60.9 Å². The van der Waals surface area contributed by atoms with Crippen LogP contribution in [0.1, 0.15) is 13.8 Å². The molecule has 0 aliphatic carbocycles. The van der Waals surface area contributed by atoms with Crippen LogP contribution in [0.5, 0.6) is 0 Å². The maximum Gasteiger partial charge on any atom is 0.151 e. The fraction of sp³-hybridized carbons (Fsp3) is 1.00. The molecule has 0 aliphatic heterocycles. The summed E-state index contributed by atoms with van der Waals surface area (Å²) >= 11 is 0. The van der Waals surface area contributed by atoms with Gasteiger partial charge in [0.05, 0.1) is 0 Å². The van der Waals surface area contributed by atoms with Crippen LogP contribution < -0.4 is 0 Å². The van der Waals surface area contributed by atoms with Gasteiger partial charge in [0.1, 0.15) is 0 Å². The van der Waals surface area contributed by atoms with Crippen LogP contribution in [0.4, 0.5) is 0 Å². The zero-order valence-electron chi connectivity index (χ0n) is 4.55. The molecule has 0 rings (SSSR count). The quantitative estimate of drug-likeness (QED) is 0.553. The highest BCUT2D eigenvalue weighted by Crippen LogP contribution is 1.78. The molecule has 1 unspecified atom stereocenters. The highest BCUT2D eigenvalue weighted by Gasteiger charge is 1.85. The van der Waals surface area contributed by atoms with E-state index in [0.717, 1.165) is 0 Å². The van der Waals surface area contributed by atoms with Gasteiger partial charge in [0.25, 0.3) is 0 Å². The number of aliphatic hydroxyl groups excluding tert-OH is 1. The standard InChI is InChI=1S/C4H10O2.HI/c1-3-6-4(2)5;/h4-5H,3H2,1-2H3;1H. The lowest BCUT2D eigenvalue weighted by Gasteiger charge is -1.99. The van der Waals surface area contributed by atoms with Crippen LogP contribution in [0.3, 0.4) is 0 Å². The number of halogens is 1. The lowest BCUT2D eigenvalue weighted by molar-refractivity contribution is -0.0800. The monoisotopic (exact) mass is 218 g/mol. The van der Waals surface area contributed by atoms with Gasteiger partial charge < -0.3 is 9.84 Å². The zero-order valence-corrected chi connectivity index (χ0v) is 6.88. The maximum absolute atomic E-state index is 8.33. The summed E-state index contributed by atoms with van der Waals surface area (Å²) in [5, 5.41) is 8.33. The Bertz CT molecular complexity index is 30.9. The third-order valence-electron chi connectivity index (χ3n) is 0.408. The smallest absolute Gasteiger partial charge is 0.151 e. The molecule has 1 N–H and O–H groups in total. The van der Waals surface area contributed by atoms with E-state index < -0.39 is 6.29 Å². The number of hydrogen-bond donors (Lipinski definition) is 1. The summed E-state index contributed by atoms with van der Waals surface area (Å²) in [6, 6.07) is 0. The van der Waals surface area contributed by atoms with E-state index in [-0.39, 0.29) is 24.0 Å². The molecule has 0 fully saturated rings. The molecular weight excluding hydrogens is 207 g/mol. The van der Waals surface area contributed by atoms with E-state index in [1.54, 1.807) is 6.92 Å². The average Bonchev–Trinajstić information content (AvgIpc) is 1.35. The molecular formula is C4H11IO2. The minimum atomic E-state index is -0.602. The minimum absolute atomic E-state index is 0. The number of ether oxygens (including phenoxy) is 1. The van der Waals surface area contributed by atoms with E-state index in [1.807, 2.05) is 6.92 Å². The van der Waals surface area contributed by atoms with Gasteiger partial charge in [-0.2, -0.15) is 0 Å². The highest BCUT2D eigenvalue weighted by molar-refractivity contribution is 14.0. The van der Waals surface area contributed by atoms with Crippen molar-refractivity contribution in [1.29, 1.82) is 0 Å².